The number of amides is 1. The van der Waals surface area contributed by atoms with E-state index in [1.165, 1.54) is 11.3 Å². The number of anilines is 2. The average molecular weight is 496 g/mol. The Hall–Kier alpha value is -3.04. The molecule has 1 amide bonds. The summed E-state index contributed by atoms with van der Waals surface area (Å²) in [7, 11) is 0. The topological polar surface area (TPSA) is 88.3 Å². The number of aryl methyl sites for hydroxylation is 3. The summed E-state index contributed by atoms with van der Waals surface area (Å²) in [6.45, 7) is 7.57. The van der Waals surface area contributed by atoms with Gasteiger partial charge in [-0.15, -0.1) is 10.2 Å². The lowest BCUT2D eigenvalue weighted by Gasteiger charge is -2.32. The first kappa shape index (κ1) is 22.7. The first-order chi connectivity index (χ1) is 16.4. The van der Waals surface area contributed by atoms with Crippen molar-refractivity contribution in [1.29, 1.82) is 0 Å². The molecule has 0 saturated carbocycles. The van der Waals surface area contributed by atoms with Crippen molar-refractivity contribution in [2.75, 3.05) is 23.3 Å². The van der Waals surface area contributed by atoms with Crippen molar-refractivity contribution >= 4 is 45.4 Å². The van der Waals surface area contributed by atoms with Crippen LogP contribution in [0.3, 0.4) is 0 Å². The molecule has 1 aromatic carbocycles. The molecule has 3 aromatic heterocycles. The predicted molar refractivity (Wildman–Crippen MR) is 136 cm³/mol. The zero-order valence-corrected chi connectivity index (χ0v) is 20.9. The number of carbonyl (C=O) groups excluding carboxylic acids is 1. The zero-order valence-electron chi connectivity index (χ0n) is 19.4. The average Bonchev–Trinajstić information content (AvgIpc) is 3.42. The second kappa shape index (κ2) is 9.31. The van der Waals surface area contributed by atoms with Gasteiger partial charge in [0.25, 0.3) is 0 Å². The van der Waals surface area contributed by atoms with Crippen LogP contribution >= 0.6 is 22.9 Å². The molecule has 1 saturated heterocycles. The molecule has 5 rings (SSSR count). The van der Waals surface area contributed by atoms with E-state index in [0.717, 1.165) is 71.3 Å². The number of nitrogens with one attached hydrogen (secondary N) is 1. The smallest absolute Gasteiger partial charge is 0.229 e. The molecule has 1 N–H and O–H groups in total. The van der Waals surface area contributed by atoms with E-state index in [9.17, 15) is 4.79 Å². The molecule has 10 heteroatoms. The Balaban J connectivity index is 1.36. The molecule has 176 valence electrons. The maximum Gasteiger partial charge on any atom is 0.229 e. The molecule has 0 radical (unpaired) electrons. The molecule has 8 nitrogen and oxygen atoms in total. The summed E-state index contributed by atoms with van der Waals surface area (Å²) in [6, 6.07) is 9.84. The second-order valence-electron chi connectivity index (χ2n) is 8.56. The van der Waals surface area contributed by atoms with E-state index in [1.54, 1.807) is 0 Å². The van der Waals surface area contributed by atoms with E-state index in [0.29, 0.717) is 10.2 Å². The van der Waals surface area contributed by atoms with Crippen LogP contribution in [0.1, 0.15) is 36.2 Å². The van der Waals surface area contributed by atoms with Gasteiger partial charge in [0.15, 0.2) is 5.65 Å². The van der Waals surface area contributed by atoms with Crippen LogP contribution in [0, 0.1) is 19.8 Å². The van der Waals surface area contributed by atoms with Gasteiger partial charge in [-0.1, -0.05) is 42.0 Å². The molecule has 1 aliphatic rings. The molecule has 1 aliphatic heterocycles. The second-order valence-corrected chi connectivity index (χ2v) is 10.1. The Kier molecular flexibility index (Phi) is 6.22. The van der Waals surface area contributed by atoms with Gasteiger partial charge in [0.1, 0.15) is 10.8 Å². The van der Waals surface area contributed by atoms with Crippen LogP contribution in [-0.4, -0.2) is 43.8 Å². The normalized spacial score (nSPS) is 14.6. The number of piperidine rings is 1. The monoisotopic (exact) mass is 495 g/mol. The third-order valence-corrected chi connectivity index (χ3v) is 7.43. The third-order valence-electron chi connectivity index (χ3n) is 6.20. The Bertz CT molecular complexity index is 1340. The SMILES string of the molecule is CCc1nnc(NC(=O)C2CCN(c3cc(C)nc4c(-c5ccc(Cl)cc5)c(C)nn34)CC2)s1. The fourth-order valence-corrected chi connectivity index (χ4v) is 5.24. The van der Waals surface area contributed by atoms with Gasteiger partial charge in [0.2, 0.25) is 11.0 Å². The highest BCUT2D eigenvalue weighted by atomic mass is 35.5. The third kappa shape index (κ3) is 4.37. The first-order valence-corrected chi connectivity index (χ1v) is 12.6. The number of rotatable bonds is 5. The standard InChI is InChI=1S/C24H26ClN7OS/c1-4-19-28-29-24(34-19)27-23(33)17-9-11-31(12-10-17)20-13-14(2)26-22-21(15(3)30-32(20)22)16-5-7-18(25)8-6-16/h5-8,13,17H,4,9-12H2,1-3H3,(H,27,29,33). The van der Waals surface area contributed by atoms with E-state index >= 15 is 0 Å². The first-order valence-electron chi connectivity index (χ1n) is 11.4. The van der Waals surface area contributed by atoms with Gasteiger partial charge in [-0.3, -0.25) is 4.79 Å². The fraction of sp³-hybridized carbons (Fsp3) is 0.375. The highest BCUT2D eigenvalue weighted by Crippen LogP contribution is 2.32. The van der Waals surface area contributed by atoms with Gasteiger partial charge >= 0.3 is 0 Å². The molecule has 0 aliphatic carbocycles. The highest BCUT2D eigenvalue weighted by Gasteiger charge is 2.28. The van der Waals surface area contributed by atoms with Gasteiger partial charge < -0.3 is 10.2 Å². The van der Waals surface area contributed by atoms with Crippen LogP contribution in [0.25, 0.3) is 16.8 Å². The minimum atomic E-state index is -0.0485. The van der Waals surface area contributed by atoms with E-state index in [-0.39, 0.29) is 11.8 Å². The van der Waals surface area contributed by atoms with Crippen LogP contribution < -0.4 is 10.2 Å². The lowest BCUT2D eigenvalue weighted by molar-refractivity contribution is -0.120. The molecular formula is C24H26ClN7OS. The molecule has 4 aromatic rings. The van der Waals surface area contributed by atoms with Crippen LogP contribution in [0.4, 0.5) is 10.9 Å². The van der Waals surface area contributed by atoms with Crippen LogP contribution in [0.5, 0.6) is 0 Å². The Labute approximate surface area is 207 Å². The Morgan fingerprint density at radius 2 is 1.91 bits per heavy atom. The minimum absolute atomic E-state index is 0.0227. The van der Waals surface area contributed by atoms with Crippen molar-refractivity contribution in [1.82, 2.24) is 24.8 Å². The number of halogens is 1. The van der Waals surface area contributed by atoms with Crippen LogP contribution in [0.2, 0.25) is 5.02 Å². The van der Waals surface area contributed by atoms with E-state index in [1.807, 2.05) is 49.6 Å². The quantitative estimate of drug-likeness (QED) is 0.422. The van der Waals surface area contributed by atoms with Crippen molar-refractivity contribution in [3.8, 4) is 11.1 Å². The fourth-order valence-electron chi connectivity index (χ4n) is 4.43. The zero-order chi connectivity index (χ0) is 23.8. The Morgan fingerprint density at radius 3 is 2.59 bits per heavy atom. The summed E-state index contributed by atoms with van der Waals surface area (Å²) in [6.07, 6.45) is 2.34. The molecule has 0 spiro atoms. The molecule has 0 unspecified atom stereocenters. The van der Waals surface area contributed by atoms with Gasteiger partial charge in [0, 0.05) is 41.4 Å². The number of hydrogen-bond donors (Lipinski definition) is 1. The van der Waals surface area contributed by atoms with Gasteiger partial charge in [-0.25, -0.2) is 4.98 Å². The number of benzene rings is 1. The van der Waals surface area contributed by atoms with Crippen molar-refractivity contribution in [3.63, 3.8) is 0 Å². The summed E-state index contributed by atoms with van der Waals surface area (Å²) in [4.78, 5) is 19.9. The van der Waals surface area contributed by atoms with Crippen molar-refractivity contribution in [2.45, 2.75) is 40.0 Å². The van der Waals surface area contributed by atoms with Gasteiger partial charge in [-0.2, -0.15) is 9.61 Å². The van der Waals surface area contributed by atoms with E-state index in [4.69, 9.17) is 21.7 Å². The molecular weight excluding hydrogens is 470 g/mol. The van der Waals surface area contributed by atoms with Crippen molar-refractivity contribution < 1.29 is 4.79 Å². The molecule has 4 heterocycles. The number of nitrogens with zero attached hydrogens (tertiary/aromatic N) is 6. The summed E-state index contributed by atoms with van der Waals surface area (Å²) in [5, 5.41) is 18.1. The van der Waals surface area contributed by atoms with E-state index < -0.39 is 0 Å². The molecule has 34 heavy (non-hydrogen) atoms. The highest BCUT2D eigenvalue weighted by molar-refractivity contribution is 7.15. The van der Waals surface area contributed by atoms with Crippen LogP contribution in [-0.2, 0) is 11.2 Å². The van der Waals surface area contributed by atoms with Gasteiger partial charge in [-0.05, 0) is 50.8 Å². The summed E-state index contributed by atoms with van der Waals surface area (Å²) < 4.78 is 1.93. The summed E-state index contributed by atoms with van der Waals surface area (Å²) in [5.41, 5.74) is 4.73. The lowest BCUT2D eigenvalue weighted by atomic mass is 9.96. The molecule has 0 bridgehead atoms. The number of fused-ring (bicyclic) bond motifs is 1. The van der Waals surface area contributed by atoms with E-state index in [2.05, 4.69) is 26.5 Å². The molecule has 1 fully saturated rings. The maximum atomic E-state index is 12.8. The van der Waals surface area contributed by atoms with Crippen molar-refractivity contribution in [3.05, 3.63) is 51.7 Å². The summed E-state index contributed by atoms with van der Waals surface area (Å²) in [5.74, 6) is 0.975. The maximum absolute atomic E-state index is 12.8. The Morgan fingerprint density at radius 1 is 1.18 bits per heavy atom. The number of aromatic nitrogens is 5. The summed E-state index contributed by atoms with van der Waals surface area (Å²) >= 11 is 7.53. The largest absolute Gasteiger partial charge is 0.356 e. The number of carbonyl (C=O) groups is 1. The van der Waals surface area contributed by atoms with Crippen LogP contribution in [0.15, 0.2) is 30.3 Å². The lowest BCUT2D eigenvalue weighted by Crippen LogP contribution is -2.39. The minimum Gasteiger partial charge on any atom is -0.356 e. The van der Waals surface area contributed by atoms with Crippen molar-refractivity contribution in [2.24, 2.45) is 5.92 Å². The van der Waals surface area contributed by atoms with Gasteiger partial charge in [0.05, 0.1) is 5.69 Å². The number of hydrogen-bond acceptors (Lipinski definition) is 7. The predicted octanol–water partition coefficient (Wildman–Crippen LogP) is 4.94. The molecule has 0 atom stereocenters.